The summed E-state index contributed by atoms with van der Waals surface area (Å²) in [5.41, 5.74) is 0.804. The molecule has 1 N–H and O–H groups in total. The number of carbonyl (C=O) groups is 1. The van der Waals surface area contributed by atoms with Crippen molar-refractivity contribution in [1.82, 2.24) is 0 Å². The lowest BCUT2D eigenvalue weighted by molar-refractivity contribution is -0.115. The molecule has 1 rings (SSSR count). The van der Waals surface area contributed by atoms with Crippen molar-refractivity contribution in [3.8, 4) is 0 Å². The Hall–Kier alpha value is 0.380. The van der Waals surface area contributed by atoms with Crippen molar-refractivity contribution in [1.29, 1.82) is 0 Å². The standard InChI is InChI=1S/C10H10Br2INO/c1-2-7(11)10(15)14-9-4-3-6(13)5-8(9)12/h3-5,7H,2H2,1H3,(H,14,15). The number of anilines is 1. The number of halogens is 3. The molecule has 0 spiro atoms. The average Bonchev–Trinajstić information content (AvgIpc) is 2.20. The van der Waals surface area contributed by atoms with Gasteiger partial charge in [0, 0.05) is 8.04 Å². The summed E-state index contributed by atoms with van der Waals surface area (Å²) in [7, 11) is 0. The van der Waals surface area contributed by atoms with Crippen LogP contribution in [0.2, 0.25) is 0 Å². The summed E-state index contributed by atoms with van der Waals surface area (Å²) in [6, 6.07) is 5.81. The largest absolute Gasteiger partial charge is 0.324 e. The lowest BCUT2D eigenvalue weighted by Gasteiger charge is -2.10. The summed E-state index contributed by atoms with van der Waals surface area (Å²) in [6.45, 7) is 1.96. The fourth-order valence-corrected chi connectivity index (χ4v) is 2.50. The van der Waals surface area contributed by atoms with Crippen LogP contribution in [-0.4, -0.2) is 10.7 Å². The Morgan fingerprint density at radius 1 is 1.60 bits per heavy atom. The second-order valence-corrected chi connectivity index (χ2v) is 6.19. The van der Waals surface area contributed by atoms with E-state index in [1.807, 2.05) is 25.1 Å². The third kappa shape index (κ3) is 4.03. The molecule has 0 aliphatic heterocycles. The molecule has 0 aromatic heterocycles. The average molecular weight is 447 g/mol. The highest BCUT2D eigenvalue weighted by Crippen LogP contribution is 2.25. The van der Waals surface area contributed by atoms with Crippen LogP contribution in [0.15, 0.2) is 22.7 Å². The van der Waals surface area contributed by atoms with Gasteiger partial charge in [-0.3, -0.25) is 4.79 Å². The highest BCUT2D eigenvalue weighted by Gasteiger charge is 2.13. The smallest absolute Gasteiger partial charge is 0.238 e. The minimum absolute atomic E-state index is 0.0144. The van der Waals surface area contributed by atoms with Gasteiger partial charge >= 0.3 is 0 Å². The number of rotatable bonds is 3. The first-order chi connectivity index (χ1) is 7.04. The van der Waals surface area contributed by atoms with E-state index in [4.69, 9.17) is 0 Å². The first-order valence-corrected chi connectivity index (χ1v) is 7.23. The minimum atomic E-state index is -0.135. The number of amides is 1. The molecule has 1 amide bonds. The topological polar surface area (TPSA) is 29.1 Å². The molecule has 5 heteroatoms. The summed E-state index contributed by atoms with van der Waals surface area (Å²) >= 11 is 8.95. The van der Waals surface area contributed by atoms with Gasteiger partial charge in [0.25, 0.3) is 0 Å². The lowest BCUT2D eigenvalue weighted by atomic mass is 10.3. The maximum Gasteiger partial charge on any atom is 0.238 e. The summed E-state index contributed by atoms with van der Waals surface area (Å²) in [4.78, 5) is 11.5. The molecule has 2 nitrogen and oxygen atoms in total. The summed E-state index contributed by atoms with van der Waals surface area (Å²) in [5, 5.41) is 2.85. The number of benzene rings is 1. The third-order valence-electron chi connectivity index (χ3n) is 1.83. The zero-order valence-corrected chi connectivity index (χ0v) is 13.4. The molecule has 1 atom stereocenters. The summed E-state index contributed by atoms with van der Waals surface area (Å²) < 4.78 is 2.03. The molecule has 0 radical (unpaired) electrons. The number of nitrogens with one attached hydrogen (secondary N) is 1. The Bertz CT molecular complexity index is 370. The Morgan fingerprint density at radius 3 is 2.80 bits per heavy atom. The first kappa shape index (κ1) is 13.4. The Kier molecular flexibility index (Phi) is 5.56. The molecule has 15 heavy (non-hydrogen) atoms. The maximum absolute atomic E-state index is 11.6. The van der Waals surface area contributed by atoms with E-state index in [0.717, 1.165) is 20.2 Å². The van der Waals surface area contributed by atoms with Gasteiger partial charge in [-0.25, -0.2) is 0 Å². The molecule has 0 saturated carbocycles. The molecule has 0 bridgehead atoms. The predicted molar refractivity (Wildman–Crippen MR) is 78.5 cm³/mol. The van der Waals surface area contributed by atoms with Crippen molar-refractivity contribution < 1.29 is 4.79 Å². The zero-order chi connectivity index (χ0) is 11.4. The van der Waals surface area contributed by atoms with Gasteiger partial charge in [0.1, 0.15) is 0 Å². The van der Waals surface area contributed by atoms with Gasteiger partial charge in [0.05, 0.1) is 10.5 Å². The molecule has 1 aromatic rings. The Balaban J connectivity index is 2.77. The molecule has 0 fully saturated rings. The van der Waals surface area contributed by atoms with Crippen LogP contribution in [0.1, 0.15) is 13.3 Å². The lowest BCUT2D eigenvalue weighted by Crippen LogP contribution is -2.22. The Morgan fingerprint density at radius 2 is 2.27 bits per heavy atom. The monoisotopic (exact) mass is 445 g/mol. The number of hydrogen-bond acceptors (Lipinski definition) is 1. The molecule has 0 aliphatic rings. The van der Waals surface area contributed by atoms with Crippen LogP contribution in [0, 0.1) is 3.57 Å². The van der Waals surface area contributed by atoms with E-state index in [0.29, 0.717) is 0 Å². The van der Waals surface area contributed by atoms with Crippen LogP contribution in [0.25, 0.3) is 0 Å². The summed E-state index contributed by atoms with van der Waals surface area (Å²) in [6.07, 6.45) is 0.772. The highest BCUT2D eigenvalue weighted by molar-refractivity contribution is 14.1. The number of alkyl halides is 1. The zero-order valence-electron chi connectivity index (χ0n) is 8.06. The van der Waals surface area contributed by atoms with E-state index in [1.54, 1.807) is 0 Å². The molecule has 1 unspecified atom stereocenters. The maximum atomic E-state index is 11.6. The van der Waals surface area contributed by atoms with Crippen LogP contribution in [-0.2, 0) is 4.79 Å². The van der Waals surface area contributed by atoms with Gasteiger partial charge in [0.15, 0.2) is 0 Å². The highest BCUT2D eigenvalue weighted by atomic mass is 127. The normalized spacial score (nSPS) is 12.3. The van der Waals surface area contributed by atoms with E-state index in [1.165, 1.54) is 0 Å². The van der Waals surface area contributed by atoms with Crippen LogP contribution in [0.4, 0.5) is 5.69 Å². The van der Waals surface area contributed by atoms with Crippen molar-refractivity contribution in [3.63, 3.8) is 0 Å². The van der Waals surface area contributed by atoms with Gasteiger partial charge in [-0.1, -0.05) is 22.9 Å². The van der Waals surface area contributed by atoms with Crippen molar-refractivity contribution in [3.05, 3.63) is 26.2 Å². The van der Waals surface area contributed by atoms with Gasteiger partial charge in [-0.15, -0.1) is 0 Å². The van der Waals surface area contributed by atoms with Gasteiger partial charge in [-0.05, 0) is 63.1 Å². The van der Waals surface area contributed by atoms with Gasteiger partial charge in [-0.2, -0.15) is 0 Å². The van der Waals surface area contributed by atoms with E-state index < -0.39 is 0 Å². The predicted octanol–water partition coefficient (Wildman–Crippen LogP) is 4.17. The Labute approximate surface area is 120 Å². The molecule has 0 aliphatic carbocycles. The molecule has 1 aromatic carbocycles. The van der Waals surface area contributed by atoms with Crippen molar-refractivity contribution >= 4 is 66.0 Å². The van der Waals surface area contributed by atoms with E-state index in [-0.39, 0.29) is 10.7 Å². The molecular weight excluding hydrogens is 437 g/mol. The molecular formula is C10H10Br2INO. The van der Waals surface area contributed by atoms with Crippen LogP contribution in [0.3, 0.4) is 0 Å². The van der Waals surface area contributed by atoms with Crippen LogP contribution < -0.4 is 5.32 Å². The molecule has 0 heterocycles. The van der Waals surface area contributed by atoms with Gasteiger partial charge < -0.3 is 5.32 Å². The van der Waals surface area contributed by atoms with Crippen LogP contribution in [0.5, 0.6) is 0 Å². The second-order valence-electron chi connectivity index (χ2n) is 2.99. The van der Waals surface area contributed by atoms with E-state index in [9.17, 15) is 4.79 Å². The third-order valence-corrected chi connectivity index (χ3v) is 4.22. The fraction of sp³-hybridized carbons (Fsp3) is 0.300. The SMILES string of the molecule is CCC(Br)C(=O)Nc1ccc(I)cc1Br. The fourth-order valence-electron chi connectivity index (χ4n) is 0.987. The summed E-state index contributed by atoms with van der Waals surface area (Å²) in [5.74, 6) is -0.0144. The first-order valence-electron chi connectivity index (χ1n) is 4.44. The number of carbonyl (C=O) groups excluding carboxylic acids is 1. The van der Waals surface area contributed by atoms with Crippen molar-refractivity contribution in [2.24, 2.45) is 0 Å². The molecule has 82 valence electrons. The van der Waals surface area contributed by atoms with E-state index >= 15 is 0 Å². The van der Waals surface area contributed by atoms with E-state index in [2.05, 4.69) is 59.8 Å². The van der Waals surface area contributed by atoms with Crippen molar-refractivity contribution in [2.75, 3.05) is 5.32 Å². The molecule has 0 saturated heterocycles. The minimum Gasteiger partial charge on any atom is -0.324 e. The number of hydrogen-bond donors (Lipinski definition) is 1. The van der Waals surface area contributed by atoms with Gasteiger partial charge in [0.2, 0.25) is 5.91 Å². The quantitative estimate of drug-likeness (QED) is 0.548. The second kappa shape index (κ2) is 6.20. The van der Waals surface area contributed by atoms with Crippen LogP contribution >= 0.6 is 54.5 Å². The van der Waals surface area contributed by atoms with Crippen molar-refractivity contribution in [2.45, 2.75) is 18.2 Å².